The molecule has 1 fully saturated rings. The molecule has 3 aromatic carbocycles. The number of nitrogens with zero attached hydrogens (tertiary/aromatic N) is 1. The number of hydrogen-bond acceptors (Lipinski definition) is 6. The Labute approximate surface area is 196 Å². The van der Waals surface area contributed by atoms with Gasteiger partial charge in [0.25, 0.3) is 11.7 Å². The fourth-order valence-corrected chi connectivity index (χ4v) is 3.95. The van der Waals surface area contributed by atoms with Crippen LogP contribution in [0, 0.1) is 0 Å². The molecule has 3 aromatic rings. The highest BCUT2D eigenvalue weighted by Crippen LogP contribution is 2.42. The lowest BCUT2D eigenvalue weighted by atomic mass is 9.95. The Kier molecular flexibility index (Phi) is 6.45. The van der Waals surface area contributed by atoms with Crippen LogP contribution in [-0.2, 0) is 14.3 Å². The maximum Gasteiger partial charge on any atom is 0.338 e. The summed E-state index contributed by atoms with van der Waals surface area (Å²) in [5.74, 6) is -1.83. The van der Waals surface area contributed by atoms with Crippen molar-refractivity contribution in [2.24, 2.45) is 0 Å². The summed E-state index contributed by atoms with van der Waals surface area (Å²) in [6.45, 7) is 1.91. The number of hydrogen-bond donors (Lipinski definition) is 1. The average molecular weight is 457 g/mol. The molecule has 0 bridgehead atoms. The third-order valence-corrected chi connectivity index (χ3v) is 5.56. The Balaban J connectivity index is 1.90. The maximum atomic E-state index is 13.3. The first kappa shape index (κ1) is 22.8. The van der Waals surface area contributed by atoms with Crippen LogP contribution in [0.2, 0.25) is 0 Å². The lowest BCUT2D eigenvalue weighted by Crippen LogP contribution is -2.29. The molecule has 1 N–H and O–H groups in total. The number of rotatable bonds is 6. The van der Waals surface area contributed by atoms with Gasteiger partial charge in [-0.2, -0.15) is 0 Å². The molecule has 0 saturated carbocycles. The van der Waals surface area contributed by atoms with Gasteiger partial charge in [-0.1, -0.05) is 48.5 Å². The second-order valence-corrected chi connectivity index (χ2v) is 7.58. The van der Waals surface area contributed by atoms with Crippen molar-refractivity contribution >= 4 is 29.1 Å². The number of ether oxygens (including phenoxy) is 2. The van der Waals surface area contributed by atoms with Crippen LogP contribution in [0.25, 0.3) is 5.76 Å². The van der Waals surface area contributed by atoms with Crippen molar-refractivity contribution in [3.8, 4) is 5.75 Å². The van der Waals surface area contributed by atoms with E-state index in [1.54, 1.807) is 79.7 Å². The Hall–Kier alpha value is -4.39. The standard InChI is InChI=1S/C27H23NO6/c1-3-34-27(32)19-10-7-11-20(16-19)28-23(17-12-14-21(33-2)15-13-17)22(25(30)26(28)31)24(29)18-8-5-4-6-9-18/h4-16,23,29H,3H2,1-2H3/b24-22+. The number of esters is 1. The molecule has 172 valence electrons. The monoisotopic (exact) mass is 457 g/mol. The third kappa shape index (κ3) is 4.15. The third-order valence-electron chi connectivity index (χ3n) is 5.56. The van der Waals surface area contributed by atoms with E-state index in [0.29, 0.717) is 22.6 Å². The minimum Gasteiger partial charge on any atom is -0.507 e. The van der Waals surface area contributed by atoms with Gasteiger partial charge in [0.2, 0.25) is 0 Å². The van der Waals surface area contributed by atoms with E-state index in [0.717, 1.165) is 0 Å². The van der Waals surface area contributed by atoms with E-state index >= 15 is 0 Å². The highest BCUT2D eigenvalue weighted by atomic mass is 16.5. The number of aliphatic hydroxyl groups is 1. The van der Waals surface area contributed by atoms with Crippen molar-refractivity contribution in [2.45, 2.75) is 13.0 Å². The Morgan fingerprint density at radius 3 is 2.26 bits per heavy atom. The summed E-state index contributed by atoms with van der Waals surface area (Å²) in [7, 11) is 1.54. The molecule has 0 radical (unpaired) electrons. The topological polar surface area (TPSA) is 93.1 Å². The van der Waals surface area contributed by atoms with E-state index < -0.39 is 23.7 Å². The smallest absolute Gasteiger partial charge is 0.338 e. The molecule has 7 nitrogen and oxygen atoms in total. The van der Waals surface area contributed by atoms with E-state index in [4.69, 9.17) is 9.47 Å². The molecule has 1 aliphatic rings. The van der Waals surface area contributed by atoms with Gasteiger partial charge in [-0.15, -0.1) is 0 Å². The fraction of sp³-hybridized carbons (Fsp3) is 0.148. The van der Waals surface area contributed by atoms with Gasteiger partial charge in [-0.25, -0.2) is 4.79 Å². The van der Waals surface area contributed by atoms with Crippen LogP contribution in [-0.4, -0.2) is 36.5 Å². The minimum atomic E-state index is -0.913. The minimum absolute atomic E-state index is 0.0390. The first-order valence-electron chi connectivity index (χ1n) is 10.7. The van der Waals surface area contributed by atoms with Gasteiger partial charge in [0, 0.05) is 11.3 Å². The number of Topliss-reactive ketones (excluding diaryl/α,β-unsaturated/α-hetero) is 1. The number of methoxy groups -OCH3 is 1. The molecule has 7 heteroatoms. The first-order valence-corrected chi connectivity index (χ1v) is 10.7. The summed E-state index contributed by atoms with van der Waals surface area (Å²) in [4.78, 5) is 40.0. The Morgan fingerprint density at radius 2 is 1.62 bits per heavy atom. The largest absolute Gasteiger partial charge is 0.507 e. The molecule has 4 rings (SSSR count). The molecule has 1 saturated heterocycles. The second kappa shape index (κ2) is 9.62. The molecule has 1 heterocycles. The van der Waals surface area contributed by atoms with Crippen LogP contribution < -0.4 is 9.64 Å². The van der Waals surface area contributed by atoms with E-state index in [-0.39, 0.29) is 23.5 Å². The van der Waals surface area contributed by atoms with Crippen LogP contribution in [0.15, 0.2) is 84.4 Å². The van der Waals surface area contributed by atoms with Crippen molar-refractivity contribution < 1.29 is 29.0 Å². The number of aliphatic hydroxyl groups excluding tert-OH is 1. The van der Waals surface area contributed by atoms with Gasteiger partial charge in [0.05, 0.1) is 30.9 Å². The Morgan fingerprint density at radius 1 is 0.941 bits per heavy atom. The number of benzene rings is 3. The van der Waals surface area contributed by atoms with Gasteiger partial charge in [0.15, 0.2) is 0 Å². The molecule has 0 aromatic heterocycles. The predicted molar refractivity (Wildman–Crippen MR) is 127 cm³/mol. The summed E-state index contributed by atoms with van der Waals surface area (Å²) in [5.41, 5.74) is 1.56. The number of ketones is 1. The van der Waals surface area contributed by atoms with Gasteiger partial charge < -0.3 is 14.6 Å². The van der Waals surface area contributed by atoms with E-state index in [1.807, 2.05) is 0 Å². The van der Waals surface area contributed by atoms with Crippen molar-refractivity contribution in [3.05, 3.63) is 101 Å². The van der Waals surface area contributed by atoms with Crippen LogP contribution in [0.1, 0.15) is 34.5 Å². The van der Waals surface area contributed by atoms with Crippen molar-refractivity contribution in [1.82, 2.24) is 0 Å². The van der Waals surface area contributed by atoms with Crippen molar-refractivity contribution in [1.29, 1.82) is 0 Å². The van der Waals surface area contributed by atoms with Gasteiger partial charge in [0.1, 0.15) is 11.5 Å². The first-order chi connectivity index (χ1) is 16.5. The Bertz CT molecular complexity index is 1260. The summed E-state index contributed by atoms with van der Waals surface area (Å²) in [5, 5.41) is 11.1. The number of carbonyl (C=O) groups excluding carboxylic acids is 3. The molecule has 0 aliphatic carbocycles. The molecule has 0 spiro atoms. The molecular weight excluding hydrogens is 434 g/mol. The van der Waals surface area contributed by atoms with Gasteiger partial charge >= 0.3 is 5.97 Å². The maximum absolute atomic E-state index is 13.3. The van der Waals surface area contributed by atoms with Crippen molar-refractivity contribution in [2.75, 3.05) is 18.6 Å². The highest BCUT2D eigenvalue weighted by Gasteiger charge is 2.47. The van der Waals surface area contributed by atoms with E-state index in [1.165, 1.54) is 18.1 Å². The summed E-state index contributed by atoms with van der Waals surface area (Å²) >= 11 is 0. The zero-order chi connectivity index (χ0) is 24.2. The lowest BCUT2D eigenvalue weighted by Gasteiger charge is -2.26. The average Bonchev–Trinajstić information content (AvgIpc) is 3.14. The summed E-state index contributed by atoms with van der Waals surface area (Å²) in [6, 6.07) is 20.9. The van der Waals surface area contributed by atoms with Crippen LogP contribution in [0.4, 0.5) is 5.69 Å². The van der Waals surface area contributed by atoms with E-state index in [2.05, 4.69) is 0 Å². The molecule has 34 heavy (non-hydrogen) atoms. The van der Waals surface area contributed by atoms with Gasteiger partial charge in [-0.3, -0.25) is 14.5 Å². The molecule has 1 amide bonds. The SMILES string of the molecule is CCOC(=O)c1cccc(N2C(=O)C(=O)/C(=C(/O)c3ccccc3)C2c2ccc(OC)cc2)c1. The number of anilines is 1. The van der Waals surface area contributed by atoms with Crippen molar-refractivity contribution in [3.63, 3.8) is 0 Å². The number of carbonyl (C=O) groups is 3. The van der Waals surface area contributed by atoms with E-state index in [9.17, 15) is 19.5 Å². The highest BCUT2D eigenvalue weighted by molar-refractivity contribution is 6.51. The van der Waals surface area contributed by atoms with Crippen LogP contribution in [0.3, 0.4) is 0 Å². The van der Waals surface area contributed by atoms with Crippen LogP contribution in [0.5, 0.6) is 5.75 Å². The molecular formula is C27H23NO6. The van der Waals surface area contributed by atoms with Crippen LogP contribution >= 0.6 is 0 Å². The number of amides is 1. The zero-order valence-electron chi connectivity index (χ0n) is 18.7. The summed E-state index contributed by atoms with van der Waals surface area (Å²) < 4.78 is 10.3. The predicted octanol–water partition coefficient (Wildman–Crippen LogP) is 4.50. The fourth-order valence-electron chi connectivity index (χ4n) is 3.95. The normalized spacial score (nSPS) is 17.0. The zero-order valence-corrected chi connectivity index (χ0v) is 18.7. The molecule has 1 unspecified atom stereocenters. The molecule has 1 aliphatic heterocycles. The molecule has 1 atom stereocenters. The van der Waals surface area contributed by atoms with Gasteiger partial charge in [-0.05, 0) is 42.8 Å². The second-order valence-electron chi connectivity index (χ2n) is 7.58. The lowest BCUT2D eigenvalue weighted by molar-refractivity contribution is -0.132. The summed E-state index contributed by atoms with van der Waals surface area (Å²) in [6.07, 6.45) is 0. The quantitative estimate of drug-likeness (QED) is 0.254.